The summed E-state index contributed by atoms with van der Waals surface area (Å²) in [6.07, 6.45) is 4.39. The van der Waals surface area contributed by atoms with Gasteiger partial charge in [-0.25, -0.2) is 0 Å². The molecule has 0 N–H and O–H groups in total. The number of piperidine rings is 1. The number of amides is 3. The van der Waals surface area contributed by atoms with Gasteiger partial charge in [-0.05, 0) is 68.6 Å². The Morgan fingerprint density at radius 3 is 2.61 bits per heavy atom. The van der Waals surface area contributed by atoms with Gasteiger partial charge in [0.05, 0.1) is 9.83 Å². The second-order valence-electron chi connectivity index (χ2n) is 8.11. The van der Waals surface area contributed by atoms with Crippen molar-refractivity contribution in [1.82, 2.24) is 9.80 Å². The second-order valence-corrected chi connectivity index (χ2v) is 9.10. The normalized spacial score (nSPS) is 17.8. The number of carbonyl (C=O) groups is 3. The summed E-state index contributed by atoms with van der Waals surface area (Å²) in [7, 11) is 0. The average molecular weight is 470 g/mol. The predicted octanol–water partition coefficient (Wildman–Crippen LogP) is 4.52. The molecule has 2 aliphatic heterocycles. The van der Waals surface area contributed by atoms with Gasteiger partial charge in [0.15, 0.2) is 0 Å². The van der Waals surface area contributed by atoms with Crippen LogP contribution in [-0.4, -0.2) is 51.4 Å². The monoisotopic (exact) mass is 469 g/mol. The van der Waals surface area contributed by atoms with Crippen LogP contribution in [0.1, 0.15) is 36.1 Å². The van der Waals surface area contributed by atoms with Crippen LogP contribution in [0.5, 0.6) is 0 Å². The third-order valence-electron chi connectivity index (χ3n) is 5.90. The molecule has 0 spiro atoms. The van der Waals surface area contributed by atoms with Gasteiger partial charge < -0.3 is 9.32 Å². The molecule has 172 valence electrons. The fourth-order valence-corrected chi connectivity index (χ4v) is 4.72. The quantitative estimate of drug-likeness (QED) is 0.359. The Morgan fingerprint density at radius 1 is 1.18 bits per heavy atom. The molecule has 0 saturated carbocycles. The molecule has 1 aromatic carbocycles. The van der Waals surface area contributed by atoms with Crippen LogP contribution in [0.3, 0.4) is 0 Å². The smallest absolute Gasteiger partial charge is 0.294 e. The zero-order valence-electron chi connectivity index (χ0n) is 18.3. The first-order valence-corrected chi connectivity index (χ1v) is 11.4. The van der Waals surface area contributed by atoms with Gasteiger partial charge in [-0.1, -0.05) is 0 Å². The van der Waals surface area contributed by atoms with Crippen LogP contribution >= 0.6 is 11.8 Å². The maximum Gasteiger partial charge on any atom is 0.294 e. The number of nitrogens with zero attached hydrogens (tertiary/aromatic N) is 3. The highest BCUT2D eigenvalue weighted by Crippen LogP contribution is 2.35. The fourth-order valence-electron chi connectivity index (χ4n) is 3.90. The van der Waals surface area contributed by atoms with Crippen molar-refractivity contribution >= 4 is 40.6 Å². The van der Waals surface area contributed by atoms with Crippen molar-refractivity contribution in [2.45, 2.75) is 33.1 Å². The van der Waals surface area contributed by atoms with Crippen molar-refractivity contribution in [3.8, 4) is 11.3 Å². The molecule has 33 heavy (non-hydrogen) atoms. The van der Waals surface area contributed by atoms with Crippen LogP contribution in [0.4, 0.5) is 10.5 Å². The molecule has 9 nitrogen and oxygen atoms in total. The first-order valence-electron chi connectivity index (χ1n) is 10.6. The van der Waals surface area contributed by atoms with E-state index in [0.29, 0.717) is 35.7 Å². The lowest BCUT2D eigenvalue weighted by Crippen LogP contribution is -2.44. The van der Waals surface area contributed by atoms with E-state index in [1.54, 1.807) is 36.9 Å². The first kappa shape index (κ1) is 22.8. The molecule has 3 heterocycles. The van der Waals surface area contributed by atoms with Crippen LogP contribution < -0.4 is 0 Å². The summed E-state index contributed by atoms with van der Waals surface area (Å²) in [5, 5.41) is 10.8. The minimum absolute atomic E-state index is 0.00226. The molecule has 0 bridgehead atoms. The van der Waals surface area contributed by atoms with E-state index in [1.165, 1.54) is 12.1 Å². The highest BCUT2D eigenvalue weighted by Gasteiger charge is 2.37. The van der Waals surface area contributed by atoms with Gasteiger partial charge in [0, 0.05) is 36.4 Å². The van der Waals surface area contributed by atoms with Gasteiger partial charge in [0.1, 0.15) is 18.1 Å². The number of hydrogen-bond donors (Lipinski definition) is 0. The maximum absolute atomic E-state index is 12.7. The topological polar surface area (TPSA) is 114 Å². The van der Waals surface area contributed by atoms with Gasteiger partial charge >= 0.3 is 0 Å². The summed E-state index contributed by atoms with van der Waals surface area (Å²) >= 11 is 0.760. The number of imide groups is 1. The highest BCUT2D eigenvalue weighted by atomic mass is 32.2. The maximum atomic E-state index is 12.7. The number of carbonyl (C=O) groups excluding carboxylic acids is 3. The van der Waals surface area contributed by atoms with E-state index in [1.807, 2.05) is 0 Å². The van der Waals surface area contributed by atoms with Gasteiger partial charge in [-0.2, -0.15) is 0 Å². The number of hydrogen-bond acceptors (Lipinski definition) is 7. The number of nitro groups is 1. The molecule has 0 aliphatic carbocycles. The number of furan rings is 1. The van der Waals surface area contributed by atoms with Gasteiger partial charge in [0.2, 0.25) is 5.91 Å². The Morgan fingerprint density at radius 2 is 1.91 bits per heavy atom. The molecule has 2 aliphatic rings. The Balaban J connectivity index is 1.51. The molecule has 0 unspecified atom stereocenters. The number of likely N-dealkylation sites (tertiary alicyclic amines) is 1. The SMILES string of the molecule is Cc1cc(-c2ccc(/C=C3/SC(=O)N(CC(=O)N4CCCCC4)C3=O)o2)cc([N+](=O)[O-])c1C. The summed E-state index contributed by atoms with van der Waals surface area (Å²) in [6, 6.07) is 6.53. The molecule has 4 rings (SSSR count). The molecular weight excluding hydrogens is 446 g/mol. The lowest BCUT2D eigenvalue weighted by molar-refractivity contribution is -0.385. The first-order chi connectivity index (χ1) is 15.7. The molecule has 2 fully saturated rings. The van der Waals surface area contributed by atoms with Gasteiger partial charge in [0.25, 0.3) is 16.8 Å². The van der Waals surface area contributed by atoms with E-state index in [-0.39, 0.29) is 23.0 Å². The van der Waals surface area contributed by atoms with E-state index in [0.717, 1.165) is 41.5 Å². The highest BCUT2D eigenvalue weighted by molar-refractivity contribution is 8.18. The van der Waals surface area contributed by atoms with Crippen molar-refractivity contribution in [3.05, 3.63) is 56.2 Å². The van der Waals surface area contributed by atoms with Crippen molar-refractivity contribution in [1.29, 1.82) is 0 Å². The van der Waals surface area contributed by atoms with Crippen molar-refractivity contribution in [2.24, 2.45) is 0 Å². The van der Waals surface area contributed by atoms with Crippen LogP contribution in [0, 0.1) is 24.0 Å². The molecule has 3 amide bonds. The number of nitro benzene ring substituents is 1. The zero-order valence-corrected chi connectivity index (χ0v) is 19.1. The number of thioether (sulfide) groups is 1. The second kappa shape index (κ2) is 9.22. The Kier molecular flexibility index (Phi) is 6.37. The van der Waals surface area contributed by atoms with Crippen molar-refractivity contribution in [2.75, 3.05) is 19.6 Å². The lowest BCUT2D eigenvalue weighted by Gasteiger charge is -2.27. The van der Waals surface area contributed by atoms with E-state index < -0.39 is 16.1 Å². The summed E-state index contributed by atoms with van der Waals surface area (Å²) in [5.74, 6) is -0.0179. The summed E-state index contributed by atoms with van der Waals surface area (Å²) < 4.78 is 5.79. The minimum Gasteiger partial charge on any atom is -0.457 e. The molecule has 2 aromatic rings. The lowest BCUT2D eigenvalue weighted by atomic mass is 10.0. The fraction of sp³-hybridized carbons (Fsp3) is 0.348. The van der Waals surface area contributed by atoms with Crippen LogP contribution in [0.15, 0.2) is 33.6 Å². The number of rotatable bonds is 5. The summed E-state index contributed by atoms with van der Waals surface area (Å²) in [5.41, 5.74) is 1.90. The third kappa shape index (κ3) is 4.70. The van der Waals surface area contributed by atoms with E-state index in [2.05, 4.69) is 0 Å². The number of aryl methyl sites for hydroxylation is 1. The van der Waals surface area contributed by atoms with Crippen molar-refractivity contribution in [3.63, 3.8) is 0 Å². The standard InChI is InChI=1S/C23H23N3O6S/c1-14-10-16(11-18(15(14)2)26(30)31)19-7-6-17(32-19)12-20-22(28)25(23(29)33-20)13-21(27)24-8-4-3-5-9-24/h6-7,10-12H,3-5,8-9,13H2,1-2H3/b20-12+. The van der Waals surface area contributed by atoms with E-state index in [9.17, 15) is 24.5 Å². The van der Waals surface area contributed by atoms with E-state index in [4.69, 9.17) is 4.42 Å². The Labute approximate surface area is 194 Å². The molecule has 1 aromatic heterocycles. The molecule has 10 heteroatoms. The van der Waals surface area contributed by atoms with Crippen LogP contribution in [0.2, 0.25) is 0 Å². The predicted molar refractivity (Wildman–Crippen MR) is 123 cm³/mol. The largest absolute Gasteiger partial charge is 0.457 e. The summed E-state index contributed by atoms with van der Waals surface area (Å²) in [4.78, 5) is 51.3. The van der Waals surface area contributed by atoms with E-state index >= 15 is 0 Å². The molecule has 0 radical (unpaired) electrons. The average Bonchev–Trinajstić information content (AvgIpc) is 3.36. The number of benzene rings is 1. The molecular formula is C23H23N3O6S. The Bertz CT molecular complexity index is 1180. The van der Waals surface area contributed by atoms with Gasteiger partial charge in [-0.3, -0.25) is 29.4 Å². The minimum atomic E-state index is -0.532. The molecule has 2 saturated heterocycles. The Hall–Kier alpha value is -3.40. The van der Waals surface area contributed by atoms with Gasteiger partial charge in [-0.15, -0.1) is 0 Å². The van der Waals surface area contributed by atoms with Crippen LogP contribution in [0.25, 0.3) is 17.4 Å². The molecule has 0 atom stereocenters. The zero-order chi connectivity index (χ0) is 23.7. The third-order valence-corrected chi connectivity index (χ3v) is 6.80. The summed E-state index contributed by atoms with van der Waals surface area (Å²) in [6.45, 7) is 4.51. The van der Waals surface area contributed by atoms with Crippen LogP contribution in [-0.2, 0) is 9.59 Å². The van der Waals surface area contributed by atoms with Crippen molar-refractivity contribution < 1.29 is 23.7 Å².